The fourth-order valence-electron chi connectivity index (χ4n) is 2.72. The molecule has 2 aliphatic heterocycles. The summed E-state index contributed by atoms with van der Waals surface area (Å²) in [6.45, 7) is 10.5. The Kier molecular flexibility index (Phi) is 3.36. The van der Waals surface area contributed by atoms with Gasteiger partial charge in [0.05, 0.1) is 0 Å². The van der Waals surface area contributed by atoms with Crippen LogP contribution < -0.4 is 0 Å². The van der Waals surface area contributed by atoms with Crippen LogP contribution in [0.2, 0.25) is 0 Å². The number of rotatable bonds is 2. The standard InChI is InChI=1S/C14H22N2O/c1-9(2)12-5-15-6-13(11(12)4)14(17)16-7-10(3)8-16/h5-6,9-12H,7-8H2,1-4H3. The molecule has 17 heavy (non-hydrogen) atoms. The van der Waals surface area contributed by atoms with E-state index in [9.17, 15) is 4.79 Å². The molecule has 2 unspecified atom stereocenters. The van der Waals surface area contributed by atoms with Gasteiger partial charge in [-0.1, -0.05) is 27.7 Å². The highest BCUT2D eigenvalue weighted by atomic mass is 16.2. The SMILES string of the molecule is CC1CN(C(=O)C2=CN=CC(C(C)C)C2C)C1. The van der Waals surface area contributed by atoms with E-state index in [2.05, 4.69) is 32.7 Å². The topological polar surface area (TPSA) is 32.7 Å². The van der Waals surface area contributed by atoms with Gasteiger partial charge in [0.2, 0.25) is 0 Å². The van der Waals surface area contributed by atoms with E-state index in [4.69, 9.17) is 0 Å². The molecule has 1 amide bonds. The first-order valence-electron chi connectivity index (χ1n) is 6.53. The van der Waals surface area contributed by atoms with Gasteiger partial charge < -0.3 is 4.90 Å². The first-order valence-corrected chi connectivity index (χ1v) is 6.53. The molecule has 0 aromatic rings. The lowest BCUT2D eigenvalue weighted by molar-refractivity contribution is -0.133. The van der Waals surface area contributed by atoms with Crippen molar-refractivity contribution in [3.63, 3.8) is 0 Å². The number of hydrogen-bond donors (Lipinski definition) is 0. The molecule has 0 aromatic carbocycles. The predicted octanol–water partition coefficient (Wildman–Crippen LogP) is 2.34. The lowest BCUT2D eigenvalue weighted by Crippen LogP contribution is -2.50. The van der Waals surface area contributed by atoms with E-state index in [1.54, 1.807) is 6.20 Å². The van der Waals surface area contributed by atoms with Crippen LogP contribution in [0, 0.1) is 23.7 Å². The summed E-state index contributed by atoms with van der Waals surface area (Å²) in [7, 11) is 0. The van der Waals surface area contributed by atoms with Crippen molar-refractivity contribution in [2.24, 2.45) is 28.7 Å². The molecule has 0 aromatic heterocycles. The quantitative estimate of drug-likeness (QED) is 0.722. The molecule has 0 radical (unpaired) electrons. The molecule has 0 N–H and O–H groups in total. The maximum Gasteiger partial charge on any atom is 0.251 e. The highest BCUT2D eigenvalue weighted by Crippen LogP contribution is 2.31. The van der Waals surface area contributed by atoms with Gasteiger partial charge in [-0.25, -0.2) is 0 Å². The summed E-state index contributed by atoms with van der Waals surface area (Å²) < 4.78 is 0. The predicted molar refractivity (Wildman–Crippen MR) is 69.8 cm³/mol. The van der Waals surface area contributed by atoms with Crippen molar-refractivity contribution in [1.29, 1.82) is 0 Å². The van der Waals surface area contributed by atoms with E-state index >= 15 is 0 Å². The Morgan fingerprint density at radius 1 is 1.41 bits per heavy atom. The minimum absolute atomic E-state index is 0.193. The average molecular weight is 234 g/mol. The number of carbonyl (C=O) groups is 1. The second-order valence-electron chi connectivity index (χ2n) is 5.81. The maximum atomic E-state index is 12.3. The summed E-state index contributed by atoms with van der Waals surface area (Å²) in [5.74, 6) is 2.05. The number of hydrogen-bond acceptors (Lipinski definition) is 2. The first-order chi connectivity index (χ1) is 8.00. The molecule has 0 saturated carbocycles. The Hall–Kier alpha value is -1.12. The van der Waals surface area contributed by atoms with Crippen molar-refractivity contribution in [1.82, 2.24) is 4.90 Å². The van der Waals surface area contributed by atoms with E-state index in [-0.39, 0.29) is 11.8 Å². The second-order valence-corrected chi connectivity index (χ2v) is 5.81. The van der Waals surface area contributed by atoms with Crippen molar-refractivity contribution in [3.05, 3.63) is 11.8 Å². The van der Waals surface area contributed by atoms with Gasteiger partial charge in [0.25, 0.3) is 5.91 Å². The second kappa shape index (κ2) is 4.63. The van der Waals surface area contributed by atoms with E-state index in [0.717, 1.165) is 18.7 Å². The van der Waals surface area contributed by atoms with Gasteiger partial charge in [0.15, 0.2) is 0 Å². The Morgan fingerprint density at radius 2 is 2.06 bits per heavy atom. The Bertz CT molecular complexity index is 364. The minimum atomic E-state index is 0.193. The molecule has 1 fully saturated rings. The van der Waals surface area contributed by atoms with Crippen LogP contribution in [0.1, 0.15) is 27.7 Å². The van der Waals surface area contributed by atoms with Crippen LogP contribution in [-0.4, -0.2) is 30.1 Å². The summed E-state index contributed by atoms with van der Waals surface area (Å²) in [4.78, 5) is 18.5. The lowest BCUT2D eigenvalue weighted by atomic mass is 9.79. The maximum absolute atomic E-state index is 12.3. The molecule has 0 aliphatic carbocycles. The van der Waals surface area contributed by atoms with Gasteiger partial charge in [-0.15, -0.1) is 0 Å². The average Bonchev–Trinajstić information content (AvgIpc) is 2.24. The third-order valence-corrected chi connectivity index (χ3v) is 3.91. The van der Waals surface area contributed by atoms with Crippen molar-refractivity contribution >= 4 is 12.1 Å². The summed E-state index contributed by atoms with van der Waals surface area (Å²) in [6.07, 6.45) is 3.75. The van der Waals surface area contributed by atoms with Crippen molar-refractivity contribution < 1.29 is 4.79 Å². The number of likely N-dealkylation sites (tertiary alicyclic amines) is 1. The van der Waals surface area contributed by atoms with Crippen molar-refractivity contribution in [2.75, 3.05) is 13.1 Å². The van der Waals surface area contributed by atoms with Gasteiger partial charge in [-0.05, 0) is 17.8 Å². The zero-order valence-electron chi connectivity index (χ0n) is 11.2. The molecule has 2 heterocycles. The number of amides is 1. The van der Waals surface area contributed by atoms with Gasteiger partial charge in [0, 0.05) is 37.0 Å². The molecule has 94 valence electrons. The van der Waals surface area contributed by atoms with Crippen LogP contribution in [-0.2, 0) is 4.79 Å². The molecule has 2 atom stereocenters. The minimum Gasteiger partial charge on any atom is -0.338 e. The van der Waals surface area contributed by atoms with Crippen LogP contribution in [0.5, 0.6) is 0 Å². The van der Waals surface area contributed by atoms with Gasteiger partial charge in [-0.2, -0.15) is 0 Å². The van der Waals surface area contributed by atoms with Crippen LogP contribution in [0.15, 0.2) is 16.8 Å². The molecular formula is C14H22N2O. The summed E-state index contributed by atoms with van der Waals surface area (Å²) in [5, 5.41) is 0. The van der Waals surface area contributed by atoms with Crippen LogP contribution in [0.4, 0.5) is 0 Å². The largest absolute Gasteiger partial charge is 0.338 e. The van der Waals surface area contributed by atoms with E-state index in [1.807, 2.05) is 11.1 Å². The normalized spacial score (nSPS) is 29.2. The van der Waals surface area contributed by atoms with E-state index in [1.165, 1.54) is 0 Å². The third-order valence-electron chi connectivity index (χ3n) is 3.91. The summed E-state index contributed by atoms with van der Waals surface area (Å²) in [5.41, 5.74) is 0.887. The van der Waals surface area contributed by atoms with E-state index in [0.29, 0.717) is 17.8 Å². The molecule has 3 nitrogen and oxygen atoms in total. The molecule has 0 bridgehead atoms. The smallest absolute Gasteiger partial charge is 0.251 e. The zero-order chi connectivity index (χ0) is 12.6. The zero-order valence-corrected chi connectivity index (χ0v) is 11.2. The molecular weight excluding hydrogens is 212 g/mol. The first kappa shape index (κ1) is 12.3. The van der Waals surface area contributed by atoms with Gasteiger partial charge in [-0.3, -0.25) is 9.79 Å². The number of aliphatic imine (C=N–C) groups is 1. The van der Waals surface area contributed by atoms with Crippen LogP contribution >= 0.6 is 0 Å². The molecule has 2 rings (SSSR count). The summed E-state index contributed by atoms with van der Waals surface area (Å²) in [6, 6.07) is 0. The molecule has 2 aliphatic rings. The molecule has 0 spiro atoms. The number of carbonyl (C=O) groups excluding carboxylic acids is 1. The van der Waals surface area contributed by atoms with Gasteiger partial charge >= 0.3 is 0 Å². The van der Waals surface area contributed by atoms with Gasteiger partial charge in [0.1, 0.15) is 0 Å². The fraction of sp³-hybridized carbons (Fsp3) is 0.714. The highest BCUT2D eigenvalue weighted by molar-refractivity contribution is 5.95. The number of nitrogens with zero attached hydrogens (tertiary/aromatic N) is 2. The summed E-state index contributed by atoms with van der Waals surface area (Å²) >= 11 is 0. The molecule has 3 heteroatoms. The van der Waals surface area contributed by atoms with E-state index < -0.39 is 0 Å². The molecule has 1 saturated heterocycles. The monoisotopic (exact) mass is 234 g/mol. The Morgan fingerprint density at radius 3 is 2.59 bits per heavy atom. The van der Waals surface area contributed by atoms with Crippen LogP contribution in [0.3, 0.4) is 0 Å². The highest BCUT2D eigenvalue weighted by Gasteiger charge is 2.34. The fourth-order valence-corrected chi connectivity index (χ4v) is 2.72. The Balaban J connectivity index is 2.08. The van der Waals surface area contributed by atoms with Crippen molar-refractivity contribution in [3.8, 4) is 0 Å². The van der Waals surface area contributed by atoms with Crippen molar-refractivity contribution in [2.45, 2.75) is 27.7 Å². The lowest BCUT2D eigenvalue weighted by Gasteiger charge is -2.39. The third kappa shape index (κ3) is 2.28. The Labute approximate surface area is 104 Å². The van der Waals surface area contributed by atoms with Crippen LogP contribution in [0.25, 0.3) is 0 Å².